The molecule has 110 valence electrons. The number of hydrogen-bond acceptors (Lipinski definition) is 4. The Labute approximate surface area is 126 Å². The number of ketones is 1. The number of benzene rings is 1. The van der Waals surface area contributed by atoms with Gasteiger partial charge in [0, 0.05) is 23.0 Å². The first-order valence-electron chi connectivity index (χ1n) is 7.16. The molecule has 20 heavy (non-hydrogen) atoms. The van der Waals surface area contributed by atoms with E-state index in [9.17, 15) is 4.79 Å². The Bertz CT molecular complexity index is 446. The van der Waals surface area contributed by atoms with Crippen molar-refractivity contribution in [3.8, 4) is 0 Å². The lowest BCUT2D eigenvalue weighted by molar-refractivity contribution is 0.0857. The fourth-order valence-corrected chi connectivity index (χ4v) is 3.13. The number of likely N-dealkylation sites (tertiary alicyclic amines) is 1. The van der Waals surface area contributed by atoms with E-state index in [0.717, 1.165) is 12.1 Å². The van der Waals surface area contributed by atoms with E-state index in [1.807, 2.05) is 30.5 Å². The SMILES string of the molecule is CSc1ccc(C(=O)CN(C)C2CCCN(C)C2)cc1. The van der Waals surface area contributed by atoms with Gasteiger partial charge in [-0.3, -0.25) is 9.69 Å². The molecule has 1 saturated heterocycles. The van der Waals surface area contributed by atoms with E-state index in [0.29, 0.717) is 12.6 Å². The zero-order valence-corrected chi connectivity index (χ0v) is 13.4. The van der Waals surface area contributed by atoms with Crippen LogP contribution >= 0.6 is 11.8 Å². The standard InChI is InChI=1S/C16H24N2OS/c1-17-10-4-5-14(11-17)18(2)12-16(19)13-6-8-15(20-3)9-7-13/h6-9,14H,4-5,10-12H2,1-3H3. The molecule has 0 aliphatic carbocycles. The van der Waals surface area contributed by atoms with Gasteiger partial charge in [-0.05, 0) is 51.9 Å². The number of carbonyl (C=O) groups excluding carboxylic acids is 1. The van der Waals surface area contributed by atoms with Crippen molar-refractivity contribution in [3.63, 3.8) is 0 Å². The first-order chi connectivity index (χ1) is 9.60. The molecule has 1 aliphatic rings. The highest BCUT2D eigenvalue weighted by molar-refractivity contribution is 7.98. The zero-order valence-electron chi connectivity index (χ0n) is 12.6. The molecular weight excluding hydrogens is 268 g/mol. The van der Waals surface area contributed by atoms with Gasteiger partial charge in [-0.25, -0.2) is 0 Å². The molecule has 1 aliphatic heterocycles. The Morgan fingerprint density at radius 3 is 2.70 bits per heavy atom. The maximum atomic E-state index is 12.3. The van der Waals surface area contributed by atoms with E-state index in [2.05, 4.69) is 23.9 Å². The van der Waals surface area contributed by atoms with Gasteiger partial charge in [-0.1, -0.05) is 12.1 Å². The Morgan fingerprint density at radius 1 is 1.40 bits per heavy atom. The van der Waals surface area contributed by atoms with Crippen molar-refractivity contribution < 1.29 is 4.79 Å². The minimum Gasteiger partial charge on any atom is -0.305 e. The van der Waals surface area contributed by atoms with Crippen LogP contribution in [-0.2, 0) is 0 Å². The average molecular weight is 292 g/mol. The monoisotopic (exact) mass is 292 g/mol. The molecular formula is C16H24N2OS. The first-order valence-corrected chi connectivity index (χ1v) is 8.38. The molecule has 1 fully saturated rings. The van der Waals surface area contributed by atoms with Crippen LogP contribution in [-0.4, -0.2) is 61.6 Å². The molecule has 3 nitrogen and oxygen atoms in total. The Balaban J connectivity index is 1.92. The molecule has 0 amide bonds. The van der Waals surface area contributed by atoms with Crippen LogP contribution in [0.15, 0.2) is 29.2 Å². The van der Waals surface area contributed by atoms with Crippen LogP contribution in [0.25, 0.3) is 0 Å². The van der Waals surface area contributed by atoms with Crippen LogP contribution in [0, 0.1) is 0 Å². The van der Waals surface area contributed by atoms with Crippen molar-refractivity contribution in [3.05, 3.63) is 29.8 Å². The topological polar surface area (TPSA) is 23.6 Å². The van der Waals surface area contributed by atoms with E-state index in [1.54, 1.807) is 11.8 Å². The van der Waals surface area contributed by atoms with Crippen LogP contribution < -0.4 is 0 Å². The van der Waals surface area contributed by atoms with Crippen LogP contribution in [0.4, 0.5) is 0 Å². The van der Waals surface area contributed by atoms with Gasteiger partial charge in [0.2, 0.25) is 0 Å². The van der Waals surface area contributed by atoms with Gasteiger partial charge in [0.25, 0.3) is 0 Å². The smallest absolute Gasteiger partial charge is 0.176 e. The predicted molar refractivity (Wildman–Crippen MR) is 85.7 cm³/mol. The summed E-state index contributed by atoms with van der Waals surface area (Å²) in [6.45, 7) is 2.75. The van der Waals surface area contributed by atoms with Crippen LogP contribution in [0.3, 0.4) is 0 Å². The Kier molecular flexibility index (Phi) is 5.64. The summed E-state index contributed by atoms with van der Waals surface area (Å²) in [5.41, 5.74) is 0.818. The summed E-state index contributed by atoms with van der Waals surface area (Å²) < 4.78 is 0. The minimum atomic E-state index is 0.216. The van der Waals surface area contributed by atoms with Crippen LogP contribution in [0.5, 0.6) is 0 Å². The maximum Gasteiger partial charge on any atom is 0.176 e. The summed E-state index contributed by atoms with van der Waals surface area (Å²) in [5.74, 6) is 0.216. The van der Waals surface area contributed by atoms with E-state index < -0.39 is 0 Å². The number of piperidine rings is 1. The van der Waals surface area contributed by atoms with Crippen molar-refractivity contribution in [2.24, 2.45) is 0 Å². The number of hydrogen-bond donors (Lipinski definition) is 0. The van der Waals surface area contributed by atoms with Gasteiger partial charge in [0.1, 0.15) is 0 Å². The molecule has 0 saturated carbocycles. The predicted octanol–water partition coefficient (Wildman–Crippen LogP) is 2.62. The molecule has 0 spiro atoms. The molecule has 1 atom stereocenters. The Morgan fingerprint density at radius 2 is 2.10 bits per heavy atom. The lowest BCUT2D eigenvalue weighted by Crippen LogP contribution is -2.46. The number of carbonyl (C=O) groups is 1. The molecule has 4 heteroatoms. The van der Waals surface area contributed by atoms with E-state index in [-0.39, 0.29) is 5.78 Å². The maximum absolute atomic E-state index is 12.3. The molecule has 0 radical (unpaired) electrons. The van der Waals surface area contributed by atoms with Crippen molar-refractivity contribution in [2.75, 3.05) is 40.0 Å². The van der Waals surface area contributed by atoms with Crippen molar-refractivity contribution >= 4 is 17.5 Å². The second-order valence-electron chi connectivity index (χ2n) is 5.63. The molecule has 0 aromatic heterocycles. The first kappa shape index (κ1) is 15.5. The molecule has 0 bridgehead atoms. The lowest BCUT2D eigenvalue weighted by atomic mass is 10.0. The zero-order chi connectivity index (χ0) is 14.5. The highest BCUT2D eigenvalue weighted by atomic mass is 32.2. The quantitative estimate of drug-likeness (QED) is 0.615. The summed E-state index contributed by atoms with van der Waals surface area (Å²) in [6.07, 6.45) is 4.46. The van der Waals surface area contributed by atoms with Gasteiger partial charge < -0.3 is 4.90 Å². The van der Waals surface area contributed by atoms with Crippen molar-refractivity contribution in [2.45, 2.75) is 23.8 Å². The second kappa shape index (κ2) is 7.25. The van der Waals surface area contributed by atoms with Crippen molar-refractivity contribution in [1.29, 1.82) is 0 Å². The second-order valence-corrected chi connectivity index (χ2v) is 6.50. The summed E-state index contributed by atoms with van der Waals surface area (Å²) in [4.78, 5) is 18.1. The fraction of sp³-hybridized carbons (Fsp3) is 0.562. The fourth-order valence-electron chi connectivity index (χ4n) is 2.72. The van der Waals surface area contributed by atoms with Gasteiger partial charge >= 0.3 is 0 Å². The highest BCUT2D eigenvalue weighted by Crippen LogP contribution is 2.17. The number of likely N-dealkylation sites (N-methyl/N-ethyl adjacent to an activating group) is 2. The number of Topliss-reactive ketones (excluding diaryl/α,β-unsaturated/α-hetero) is 1. The third-order valence-corrected chi connectivity index (χ3v) is 4.77. The van der Waals surface area contributed by atoms with E-state index in [4.69, 9.17) is 0 Å². The third-order valence-electron chi connectivity index (χ3n) is 4.03. The van der Waals surface area contributed by atoms with Gasteiger partial charge in [0.15, 0.2) is 5.78 Å². The summed E-state index contributed by atoms with van der Waals surface area (Å²) >= 11 is 1.70. The average Bonchev–Trinajstić information content (AvgIpc) is 2.47. The summed E-state index contributed by atoms with van der Waals surface area (Å²) in [6, 6.07) is 8.42. The normalized spacial score (nSPS) is 20.3. The van der Waals surface area contributed by atoms with Gasteiger partial charge in [0.05, 0.1) is 6.54 Å². The molecule has 2 rings (SSSR count). The largest absolute Gasteiger partial charge is 0.305 e. The van der Waals surface area contributed by atoms with Gasteiger partial charge in [-0.2, -0.15) is 0 Å². The third kappa shape index (κ3) is 4.08. The van der Waals surface area contributed by atoms with Crippen LogP contribution in [0.2, 0.25) is 0 Å². The highest BCUT2D eigenvalue weighted by Gasteiger charge is 2.22. The van der Waals surface area contributed by atoms with E-state index >= 15 is 0 Å². The molecule has 1 aromatic rings. The minimum absolute atomic E-state index is 0.216. The molecule has 1 unspecified atom stereocenters. The molecule has 0 N–H and O–H groups in total. The van der Waals surface area contributed by atoms with Gasteiger partial charge in [-0.15, -0.1) is 11.8 Å². The molecule has 1 heterocycles. The number of rotatable bonds is 5. The number of nitrogens with zero attached hydrogens (tertiary/aromatic N) is 2. The van der Waals surface area contributed by atoms with E-state index in [1.165, 1.54) is 24.3 Å². The lowest BCUT2D eigenvalue weighted by Gasteiger charge is -2.35. The summed E-state index contributed by atoms with van der Waals surface area (Å²) in [7, 11) is 4.22. The Hall–Kier alpha value is -0.840. The number of thioether (sulfide) groups is 1. The van der Waals surface area contributed by atoms with Crippen LogP contribution in [0.1, 0.15) is 23.2 Å². The summed E-state index contributed by atoms with van der Waals surface area (Å²) in [5, 5.41) is 0. The molecule has 1 aromatic carbocycles. The van der Waals surface area contributed by atoms with Crippen molar-refractivity contribution in [1.82, 2.24) is 9.80 Å².